The van der Waals surface area contributed by atoms with Crippen LogP contribution < -0.4 is 19.7 Å². The topological polar surface area (TPSA) is 52.0 Å². The van der Waals surface area contributed by atoms with Crippen molar-refractivity contribution < 1.29 is 19.2 Å². The molecule has 5 nitrogen and oxygen atoms in total. The molecule has 2 heterocycles. The lowest BCUT2D eigenvalue weighted by Crippen LogP contribution is -3.11. The molecule has 2 aromatic carbocycles. The summed E-state index contributed by atoms with van der Waals surface area (Å²) in [6.45, 7) is 4.34. The highest BCUT2D eigenvalue weighted by molar-refractivity contribution is 5.91. The predicted octanol–water partition coefficient (Wildman–Crippen LogP) is 2.31. The Hall–Kier alpha value is -2.79. The zero-order chi connectivity index (χ0) is 19.2. The highest BCUT2D eigenvalue weighted by Crippen LogP contribution is 2.32. The second-order valence-corrected chi connectivity index (χ2v) is 7.42. The van der Waals surface area contributed by atoms with E-state index in [1.54, 1.807) is 17.1 Å². The van der Waals surface area contributed by atoms with Gasteiger partial charge in [0, 0.05) is 18.2 Å². The number of hydrogen-bond donors (Lipinski definition) is 2. The Morgan fingerprint density at radius 2 is 1.79 bits per heavy atom. The summed E-state index contributed by atoms with van der Waals surface area (Å²) in [6.07, 6.45) is 7.35. The van der Waals surface area contributed by atoms with Crippen molar-refractivity contribution in [3.8, 4) is 11.5 Å². The first-order valence-electron chi connectivity index (χ1n) is 10.0. The number of likely N-dealkylation sites (tertiary alicyclic amines) is 1. The van der Waals surface area contributed by atoms with E-state index in [9.17, 15) is 4.79 Å². The second kappa shape index (κ2) is 8.93. The number of fused-ring (bicyclic) bond motifs is 1. The summed E-state index contributed by atoms with van der Waals surface area (Å²) in [6, 6.07) is 14.1. The number of hydrogen-bond acceptors (Lipinski definition) is 3. The van der Waals surface area contributed by atoms with E-state index in [1.165, 1.54) is 43.5 Å². The van der Waals surface area contributed by atoms with Gasteiger partial charge in [-0.2, -0.15) is 0 Å². The van der Waals surface area contributed by atoms with Crippen molar-refractivity contribution in [2.45, 2.75) is 32.4 Å². The maximum Gasteiger partial charge on any atom is 0.244 e. The van der Waals surface area contributed by atoms with Crippen LogP contribution in [0.3, 0.4) is 0 Å². The first kappa shape index (κ1) is 18.6. The largest absolute Gasteiger partial charge is 0.454 e. The third-order valence-electron chi connectivity index (χ3n) is 5.40. The van der Waals surface area contributed by atoms with Crippen molar-refractivity contribution in [2.75, 3.05) is 19.9 Å². The van der Waals surface area contributed by atoms with Crippen LogP contribution in [-0.4, -0.2) is 25.8 Å². The Labute approximate surface area is 165 Å². The van der Waals surface area contributed by atoms with E-state index < -0.39 is 0 Å². The van der Waals surface area contributed by atoms with Crippen LogP contribution in [0.4, 0.5) is 0 Å². The molecule has 2 aliphatic rings. The number of piperidine rings is 1. The monoisotopic (exact) mass is 379 g/mol. The van der Waals surface area contributed by atoms with Gasteiger partial charge in [-0.05, 0) is 48.6 Å². The number of carbonyl (C=O) groups excluding carboxylic acids is 1. The third-order valence-corrected chi connectivity index (χ3v) is 5.40. The van der Waals surface area contributed by atoms with Gasteiger partial charge < -0.3 is 19.7 Å². The number of benzene rings is 2. The van der Waals surface area contributed by atoms with Gasteiger partial charge in [-0.3, -0.25) is 4.79 Å². The van der Waals surface area contributed by atoms with Crippen molar-refractivity contribution in [1.29, 1.82) is 0 Å². The summed E-state index contributed by atoms with van der Waals surface area (Å²) in [7, 11) is 0. The molecule has 0 atom stereocenters. The summed E-state index contributed by atoms with van der Waals surface area (Å²) < 4.78 is 10.7. The molecule has 0 aliphatic carbocycles. The Balaban J connectivity index is 1.33. The van der Waals surface area contributed by atoms with Crippen LogP contribution in [0.25, 0.3) is 6.08 Å². The van der Waals surface area contributed by atoms with Crippen LogP contribution in [0, 0.1) is 0 Å². The molecule has 2 aromatic rings. The highest BCUT2D eigenvalue weighted by atomic mass is 16.7. The van der Waals surface area contributed by atoms with Crippen molar-refractivity contribution in [3.05, 3.63) is 65.2 Å². The lowest BCUT2D eigenvalue weighted by Gasteiger charge is -2.24. The molecule has 0 bridgehead atoms. The molecule has 1 amide bonds. The van der Waals surface area contributed by atoms with Crippen molar-refractivity contribution in [2.24, 2.45) is 0 Å². The van der Waals surface area contributed by atoms with Gasteiger partial charge in [-0.25, -0.2) is 0 Å². The minimum absolute atomic E-state index is 0.0993. The minimum Gasteiger partial charge on any atom is -0.454 e. The van der Waals surface area contributed by atoms with E-state index in [-0.39, 0.29) is 12.7 Å². The average Bonchev–Trinajstić information content (AvgIpc) is 3.20. The fourth-order valence-corrected chi connectivity index (χ4v) is 3.83. The van der Waals surface area contributed by atoms with Gasteiger partial charge in [0.25, 0.3) is 0 Å². The SMILES string of the molecule is O=C(/C=C/c1ccc2c(c1)OCO2)NCc1ccccc1C[NH+]1CCCCC1. The van der Waals surface area contributed by atoms with E-state index in [0.29, 0.717) is 6.54 Å². The van der Waals surface area contributed by atoms with Crippen molar-refractivity contribution in [3.63, 3.8) is 0 Å². The quantitative estimate of drug-likeness (QED) is 0.758. The molecule has 2 N–H and O–H groups in total. The number of amides is 1. The summed E-state index contributed by atoms with van der Waals surface area (Å²) in [4.78, 5) is 13.9. The zero-order valence-electron chi connectivity index (χ0n) is 16.1. The summed E-state index contributed by atoms with van der Waals surface area (Å²) in [5.41, 5.74) is 3.44. The molecule has 0 unspecified atom stereocenters. The Kier molecular flexibility index (Phi) is 5.92. The smallest absolute Gasteiger partial charge is 0.244 e. The number of ether oxygens (including phenoxy) is 2. The lowest BCUT2D eigenvalue weighted by atomic mass is 10.0. The molecule has 1 fully saturated rings. The summed E-state index contributed by atoms with van der Waals surface area (Å²) in [5, 5.41) is 3.01. The van der Waals surface area contributed by atoms with Crippen molar-refractivity contribution >= 4 is 12.0 Å². The number of nitrogens with one attached hydrogen (secondary N) is 2. The maximum atomic E-state index is 12.3. The van der Waals surface area contributed by atoms with Gasteiger partial charge in [0.05, 0.1) is 13.1 Å². The standard InChI is InChI=1S/C23H26N2O3/c26-23(11-9-18-8-10-21-22(14-18)28-17-27-21)24-15-19-6-2-3-7-20(19)16-25-12-4-1-5-13-25/h2-3,6-11,14H,1,4-5,12-13,15-17H2,(H,24,26)/p+1/b11-9+. The average molecular weight is 379 g/mol. The molecule has 4 rings (SSSR count). The first-order chi connectivity index (χ1) is 13.8. The van der Waals surface area contributed by atoms with E-state index in [4.69, 9.17) is 9.47 Å². The first-order valence-corrected chi connectivity index (χ1v) is 10.0. The molecule has 5 heteroatoms. The van der Waals surface area contributed by atoms with Gasteiger partial charge >= 0.3 is 0 Å². The van der Waals surface area contributed by atoms with Crippen LogP contribution >= 0.6 is 0 Å². The van der Waals surface area contributed by atoms with Gasteiger partial charge in [0.1, 0.15) is 6.54 Å². The molecule has 0 radical (unpaired) electrons. The predicted molar refractivity (Wildman–Crippen MR) is 108 cm³/mol. The number of rotatable bonds is 6. The minimum atomic E-state index is -0.0993. The molecule has 1 saturated heterocycles. The van der Waals surface area contributed by atoms with Gasteiger partial charge in [0.2, 0.25) is 12.7 Å². The van der Waals surface area contributed by atoms with Gasteiger partial charge in [-0.15, -0.1) is 0 Å². The van der Waals surface area contributed by atoms with Crippen LogP contribution in [0.1, 0.15) is 36.0 Å². The van der Waals surface area contributed by atoms with Gasteiger partial charge in [-0.1, -0.05) is 30.3 Å². The molecular weight excluding hydrogens is 352 g/mol. The van der Waals surface area contributed by atoms with Crippen molar-refractivity contribution in [1.82, 2.24) is 5.32 Å². The Morgan fingerprint density at radius 1 is 1.00 bits per heavy atom. The Bertz CT molecular complexity index is 857. The van der Waals surface area contributed by atoms with Crippen LogP contribution in [0.15, 0.2) is 48.5 Å². The second-order valence-electron chi connectivity index (χ2n) is 7.42. The fourth-order valence-electron chi connectivity index (χ4n) is 3.83. The van der Waals surface area contributed by atoms with Crippen LogP contribution in [0.5, 0.6) is 11.5 Å². The van der Waals surface area contributed by atoms with E-state index >= 15 is 0 Å². The van der Waals surface area contributed by atoms with E-state index in [1.807, 2.05) is 24.3 Å². The molecule has 0 saturated carbocycles. The summed E-state index contributed by atoms with van der Waals surface area (Å²) in [5.74, 6) is 1.36. The molecule has 28 heavy (non-hydrogen) atoms. The molecule has 0 aromatic heterocycles. The fraction of sp³-hybridized carbons (Fsp3) is 0.348. The molecule has 146 valence electrons. The third kappa shape index (κ3) is 4.73. The highest BCUT2D eigenvalue weighted by Gasteiger charge is 2.16. The molecule has 0 spiro atoms. The lowest BCUT2D eigenvalue weighted by molar-refractivity contribution is -0.918. The summed E-state index contributed by atoms with van der Waals surface area (Å²) >= 11 is 0. The molecule has 2 aliphatic heterocycles. The van der Waals surface area contributed by atoms with Crippen LogP contribution in [-0.2, 0) is 17.9 Å². The zero-order valence-corrected chi connectivity index (χ0v) is 16.1. The normalized spacial score (nSPS) is 16.4. The maximum absolute atomic E-state index is 12.3. The van der Waals surface area contributed by atoms with E-state index in [2.05, 4.69) is 23.5 Å². The van der Waals surface area contributed by atoms with E-state index in [0.717, 1.165) is 23.6 Å². The van der Waals surface area contributed by atoms with Crippen LogP contribution in [0.2, 0.25) is 0 Å². The Morgan fingerprint density at radius 3 is 2.64 bits per heavy atom. The molecular formula is C23H27N2O3+. The van der Waals surface area contributed by atoms with Gasteiger partial charge in [0.15, 0.2) is 11.5 Å². The number of carbonyl (C=O) groups is 1. The number of quaternary nitrogens is 1.